The molecule has 0 aromatic carbocycles. The molecular weight excluding hydrogens is 256 g/mol. The first-order chi connectivity index (χ1) is 9.54. The molecule has 0 bridgehead atoms. The maximum absolute atomic E-state index is 12.8. The van der Waals surface area contributed by atoms with Crippen LogP contribution in [0.1, 0.15) is 46.0 Å². The lowest BCUT2D eigenvalue weighted by molar-refractivity contribution is -0.137. The van der Waals surface area contributed by atoms with E-state index in [-0.39, 0.29) is 11.8 Å². The van der Waals surface area contributed by atoms with Gasteiger partial charge in [-0.25, -0.2) is 4.79 Å². The normalized spacial score (nSPS) is 24.4. The number of rotatable bonds is 4. The quantitative estimate of drug-likeness (QED) is 0.859. The zero-order valence-corrected chi connectivity index (χ0v) is 12.7. The molecule has 1 heterocycles. The van der Waals surface area contributed by atoms with Crippen LogP contribution in [0.15, 0.2) is 0 Å². The van der Waals surface area contributed by atoms with Crippen molar-refractivity contribution in [3.8, 4) is 0 Å². The van der Waals surface area contributed by atoms with E-state index >= 15 is 0 Å². The molecule has 20 heavy (non-hydrogen) atoms. The number of methoxy groups -OCH3 is 1. The van der Waals surface area contributed by atoms with Gasteiger partial charge in [0.25, 0.3) is 0 Å². The largest absolute Gasteiger partial charge is 0.453 e. The molecule has 2 amide bonds. The number of nitrogens with one attached hydrogen (secondary N) is 1. The average molecular weight is 282 g/mol. The van der Waals surface area contributed by atoms with Crippen LogP contribution in [-0.4, -0.2) is 42.6 Å². The summed E-state index contributed by atoms with van der Waals surface area (Å²) in [5.41, 5.74) is 0. The number of amides is 2. The van der Waals surface area contributed by atoms with Crippen LogP contribution in [0, 0.1) is 11.8 Å². The summed E-state index contributed by atoms with van der Waals surface area (Å²) in [5, 5.41) is 2.75. The Morgan fingerprint density at radius 3 is 2.40 bits per heavy atom. The maximum Gasteiger partial charge on any atom is 0.407 e. The molecule has 1 saturated heterocycles. The molecule has 0 aromatic rings. The first-order valence-corrected chi connectivity index (χ1v) is 7.69. The molecule has 0 aromatic heterocycles. The summed E-state index contributed by atoms with van der Waals surface area (Å²) in [6, 6.07) is -0.0972. The Kier molecular flexibility index (Phi) is 4.89. The van der Waals surface area contributed by atoms with E-state index in [1.54, 1.807) is 0 Å². The van der Waals surface area contributed by atoms with Crippen LogP contribution in [0.5, 0.6) is 0 Å². The van der Waals surface area contributed by atoms with Gasteiger partial charge < -0.3 is 15.0 Å². The van der Waals surface area contributed by atoms with Crippen LogP contribution in [0.3, 0.4) is 0 Å². The molecule has 2 rings (SSSR count). The highest BCUT2D eigenvalue weighted by Gasteiger charge is 2.40. The van der Waals surface area contributed by atoms with Crippen LogP contribution in [0.4, 0.5) is 4.79 Å². The summed E-state index contributed by atoms with van der Waals surface area (Å²) in [5.74, 6) is 0.813. The van der Waals surface area contributed by atoms with Crippen LogP contribution in [0.25, 0.3) is 0 Å². The van der Waals surface area contributed by atoms with E-state index in [1.165, 1.54) is 7.11 Å². The second kappa shape index (κ2) is 6.46. The van der Waals surface area contributed by atoms with Crippen LogP contribution in [-0.2, 0) is 9.53 Å². The molecule has 2 aliphatic rings. The van der Waals surface area contributed by atoms with Gasteiger partial charge in [-0.3, -0.25) is 4.79 Å². The molecule has 2 atom stereocenters. The third kappa shape index (κ3) is 3.07. The van der Waals surface area contributed by atoms with Crippen molar-refractivity contribution in [2.75, 3.05) is 13.7 Å². The zero-order valence-electron chi connectivity index (χ0n) is 12.7. The molecule has 2 fully saturated rings. The Hall–Kier alpha value is -1.26. The molecule has 1 aliphatic carbocycles. The zero-order chi connectivity index (χ0) is 14.7. The molecule has 1 unspecified atom stereocenters. The minimum absolute atomic E-state index is 0.0799. The smallest absolute Gasteiger partial charge is 0.407 e. The molecule has 114 valence electrons. The van der Waals surface area contributed by atoms with Crippen molar-refractivity contribution in [2.24, 2.45) is 11.8 Å². The summed E-state index contributed by atoms with van der Waals surface area (Å²) in [6.07, 6.45) is 4.80. The number of nitrogens with zero attached hydrogens (tertiary/aromatic N) is 1. The van der Waals surface area contributed by atoms with Crippen molar-refractivity contribution in [2.45, 2.75) is 58.0 Å². The van der Waals surface area contributed by atoms with Gasteiger partial charge in [-0.05, 0) is 37.5 Å². The second-order valence-electron chi connectivity index (χ2n) is 6.29. The number of hydrogen-bond acceptors (Lipinski definition) is 3. The van der Waals surface area contributed by atoms with Gasteiger partial charge >= 0.3 is 6.09 Å². The summed E-state index contributed by atoms with van der Waals surface area (Å²) >= 11 is 0. The highest BCUT2D eigenvalue weighted by Crippen LogP contribution is 2.32. The monoisotopic (exact) mass is 282 g/mol. The predicted octanol–water partition coefficient (Wildman–Crippen LogP) is 2.16. The van der Waals surface area contributed by atoms with E-state index in [9.17, 15) is 9.59 Å². The van der Waals surface area contributed by atoms with Crippen molar-refractivity contribution in [3.05, 3.63) is 0 Å². The van der Waals surface area contributed by atoms with Crippen LogP contribution >= 0.6 is 0 Å². The Morgan fingerprint density at radius 1 is 1.20 bits per heavy atom. The van der Waals surface area contributed by atoms with E-state index < -0.39 is 12.1 Å². The summed E-state index contributed by atoms with van der Waals surface area (Å²) in [4.78, 5) is 26.3. The topological polar surface area (TPSA) is 58.6 Å². The first-order valence-electron chi connectivity index (χ1n) is 7.69. The SMILES string of the molecule is COC(=O)N[C@H](C(=O)N1CCCC1C(C)C)C1CCC1. The second-order valence-corrected chi connectivity index (χ2v) is 6.29. The number of ether oxygens (including phenoxy) is 1. The number of likely N-dealkylation sites (tertiary alicyclic amines) is 1. The van der Waals surface area contributed by atoms with Crippen molar-refractivity contribution in [1.29, 1.82) is 0 Å². The van der Waals surface area contributed by atoms with Gasteiger partial charge in [0.15, 0.2) is 0 Å². The molecule has 1 saturated carbocycles. The third-order valence-corrected chi connectivity index (χ3v) is 4.70. The van der Waals surface area contributed by atoms with Crippen LogP contribution in [0.2, 0.25) is 0 Å². The molecule has 5 nitrogen and oxygen atoms in total. The number of carbonyl (C=O) groups is 2. The minimum atomic E-state index is -0.504. The lowest BCUT2D eigenvalue weighted by atomic mass is 9.79. The molecule has 1 N–H and O–H groups in total. The van der Waals surface area contributed by atoms with E-state index in [1.807, 2.05) is 4.90 Å². The Labute approximate surface area is 121 Å². The number of carbonyl (C=O) groups excluding carboxylic acids is 2. The summed E-state index contributed by atoms with van der Waals surface area (Å²) in [6.45, 7) is 5.12. The predicted molar refractivity (Wildman–Crippen MR) is 76.2 cm³/mol. The Bertz CT molecular complexity index is 366. The van der Waals surface area contributed by atoms with Gasteiger partial charge in [0.2, 0.25) is 5.91 Å². The fourth-order valence-electron chi connectivity index (χ4n) is 3.28. The fraction of sp³-hybridized carbons (Fsp3) is 0.867. The first kappa shape index (κ1) is 15.1. The fourth-order valence-corrected chi connectivity index (χ4v) is 3.28. The highest BCUT2D eigenvalue weighted by molar-refractivity contribution is 5.86. The van der Waals surface area contributed by atoms with Crippen LogP contribution < -0.4 is 5.32 Å². The van der Waals surface area contributed by atoms with Crippen molar-refractivity contribution in [1.82, 2.24) is 10.2 Å². The molecule has 0 spiro atoms. The van der Waals surface area contributed by atoms with E-state index in [2.05, 4.69) is 23.9 Å². The minimum Gasteiger partial charge on any atom is -0.453 e. The van der Waals surface area contributed by atoms with Crippen molar-refractivity contribution in [3.63, 3.8) is 0 Å². The highest BCUT2D eigenvalue weighted by atomic mass is 16.5. The van der Waals surface area contributed by atoms with Crippen molar-refractivity contribution < 1.29 is 14.3 Å². The van der Waals surface area contributed by atoms with Crippen molar-refractivity contribution >= 4 is 12.0 Å². The Balaban J connectivity index is 2.07. The van der Waals surface area contributed by atoms with E-state index in [0.29, 0.717) is 12.0 Å². The molecule has 5 heteroatoms. The summed E-state index contributed by atoms with van der Waals surface area (Å²) < 4.78 is 4.67. The number of hydrogen-bond donors (Lipinski definition) is 1. The maximum atomic E-state index is 12.8. The van der Waals surface area contributed by atoms with Gasteiger partial charge in [-0.2, -0.15) is 0 Å². The Morgan fingerprint density at radius 2 is 1.90 bits per heavy atom. The van der Waals surface area contributed by atoms with Gasteiger partial charge in [0.1, 0.15) is 6.04 Å². The molecule has 0 radical (unpaired) electrons. The van der Waals surface area contributed by atoms with Gasteiger partial charge in [-0.1, -0.05) is 20.3 Å². The average Bonchev–Trinajstić information content (AvgIpc) is 2.84. The van der Waals surface area contributed by atoms with Gasteiger partial charge in [-0.15, -0.1) is 0 Å². The van der Waals surface area contributed by atoms with Gasteiger partial charge in [0.05, 0.1) is 7.11 Å². The third-order valence-electron chi connectivity index (χ3n) is 4.70. The van der Waals surface area contributed by atoms with E-state index in [4.69, 9.17) is 0 Å². The number of alkyl carbamates (subject to hydrolysis) is 1. The van der Waals surface area contributed by atoms with Gasteiger partial charge in [0, 0.05) is 12.6 Å². The lowest BCUT2D eigenvalue weighted by Gasteiger charge is -2.37. The lowest BCUT2D eigenvalue weighted by Crippen LogP contribution is -2.55. The standard InChI is InChI=1S/C15H26N2O3/c1-10(2)12-8-5-9-17(12)14(18)13(11-6-4-7-11)16-15(19)20-3/h10-13H,4-9H2,1-3H3,(H,16,19)/t12?,13-/m0/s1. The summed E-state index contributed by atoms with van der Waals surface area (Å²) in [7, 11) is 1.34. The molecule has 1 aliphatic heterocycles. The van der Waals surface area contributed by atoms with E-state index in [0.717, 1.165) is 38.6 Å². The molecular formula is C15H26N2O3.